The molecule has 1 aliphatic carbocycles. The molecule has 0 aromatic heterocycles. The maximum atomic E-state index is 13.0. The molecule has 2 rings (SSSR count). The maximum absolute atomic E-state index is 13.0. The van der Waals surface area contributed by atoms with Crippen molar-refractivity contribution in [2.75, 3.05) is 7.05 Å². The Balaban J connectivity index is 2.17. The van der Waals surface area contributed by atoms with E-state index in [-0.39, 0.29) is 5.56 Å². The Morgan fingerprint density at radius 3 is 2.45 bits per heavy atom. The number of carboxylic acids is 1. The number of carbonyl (C=O) groups excluding carboxylic acids is 1. The van der Waals surface area contributed by atoms with Crippen LogP contribution in [0.15, 0.2) is 24.3 Å². The number of amides is 1. The van der Waals surface area contributed by atoms with E-state index in [0.717, 1.165) is 11.0 Å². The lowest BCUT2D eigenvalue weighted by Gasteiger charge is -2.21. The van der Waals surface area contributed by atoms with E-state index >= 15 is 0 Å². The SMILES string of the molecule is C[C@H](C(=O)O)N(C)C(=O)[C@@H]1C[C@H]1c1ccccc1C(F)(F)F. The van der Waals surface area contributed by atoms with Gasteiger partial charge in [0.25, 0.3) is 0 Å². The number of carboxylic acid groups (broad SMARTS) is 1. The number of hydrogen-bond donors (Lipinski definition) is 1. The summed E-state index contributed by atoms with van der Waals surface area (Å²) in [6.07, 6.45) is -4.16. The summed E-state index contributed by atoms with van der Waals surface area (Å²) in [7, 11) is 1.35. The quantitative estimate of drug-likeness (QED) is 0.929. The van der Waals surface area contributed by atoms with Crippen molar-refractivity contribution >= 4 is 11.9 Å². The fourth-order valence-corrected chi connectivity index (χ4v) is 2.51. The lowest BCUT2D eigenvalue weighted by Crippen LogP contribution is -2.41. The van der Waals surface area contributed by atoms with Gasteiger partial charge in [0, 0.05) is 13.0 Å². The minimum atomic E-state index is -4.47. The van der Waals surface area contributed by atoms with Crippen molar-refractivity contribution in [3.8, 4) is 0 Å². The highest BCUT2D eigenvalue weighted by atomic mass is 19.4. The summed E-state index contributed by atoms with van der Waals surface area (Å²) in [5.74, 6) is -2.68. The lowest BCUT2D eigenvalue weighted by molar-refractivity contribution is -0.148. The summed E-state index contributed by atoms with van der Waals surface area (Å²) in [6, 6.07) is 4.19. The monoisotopic (exact) mass is 315 g/mol. The first-order valence-electron chi connectivity index (χ1n) is 6.80. The Labute approximate surface area is 125 Å². The standard InChI is InChI=1S/C15H16F3NO3/c1-8(14(21)22)19(2)13(20)11-7-10(11)9-5-3-4-6-12(9)15(16,17)18/h3-6,8,10-11H,7H2,1-2H3,(H,21,22)/t8-,10+,11-/m1/s1. The van der Waals surface area contributed by atoms with Crippen molar-refractivity contribution in [1.82, 2.24) is 4.90 Å². The van der Waals surface area contributed by atoms with Crippen LogP contribution >= 0.6 is 0 Å². The van der Waals surface area contributed by atoms with Crippen molar-refractivity contribution in [3.63, 3.8) is 0 Å². The van der Waals surface area contributed by atoms with E-state index in [1.165, 1.54) is 32.2 Å². The van der Waals surface area contributed by atoms with Crippen LogP contribution in [0.4, 0.5) is 13.2 Å². The summed E-state index contributed by atoms with van der Waals surface area (Å²) < 4.78 is 39.0. The van der Waals surface area contributed by atoms with Gasteiger partial charge in [-0.1, -0.05) is 18.2 Å². The number of rotatable bonds is 4. The van der Waals surface area contributed by atoms with Gasteiger partial charge in [-0.2, -0.15) is 13.2 Å². The average Bonchev–Trinajstić information content (AvgIpc) is 3.24. The number of likely N-dealkylation sites (N-methyl/N-ethyl adjacent to an activating group) is 1. The molecule has 1 aromatic carbocycles. The third kappa shape index (κ3) is 3.08. The summed E-state index contributed by atoms with van der Waals surface area (Å²) in [5, 5.41) is 8.89. The molecule has 0 spiro atoms. The number of hydrogen-bond acceptors (Lipinski definition) is 2. The van der Waals surface area contributed by atoms with Crippen molar-refractivity contribution in [2.45, 2.75) is 31.5 Å². The van der Waals surface area contributed by atoms with E-state index in [1.807, 2.05) is 0 Å². The Morgan fingerprint density at radius 1 is 1.32 bits per heavy atom. The fourth-order valence-electron chi connectivity index (χ4n) is 2.51. The highest BCUT2D eigenvalue weighted by molar-refractivity contribution is 5.87. The molecule has 22 heavy (non-hydrogen) atoms. The van der Waals surface area contributed by atoms with Gasteiger partial charge in [0.05, 0.1) is 5.56 Å². The molecule has 0 radical (unpaired) electrons. The molecule has 0 saturated heterocycles. The van der Waals surface area contributed by atoms with E-state index in [9.17, 15) is 22.8 Å². The molecule has 1 amide bonds. The number of nitrogens with zero attached hydrogens (tertiary/aromatic N) is 1. The fraction of sp³-hybridized carbons (Fsp3) is 0.467. The molecule has 1 fully saturated rings. The maximum Gasteiger partial charge on any atom is 0.416 e. The first kappa shape index (κ1) is 16.3. The van der Waals surface area contributed by atoms with E-state index < -0.39 is 41.5 Å². The normalized spacial score (nSPS) is 22.0. The Hall–Kier alpha value is -2.05. The highest BCUT2D eigenvalue weighted by Gasteiger charge is 2.49. The van der Waals surface area contributed by atoms with Crippen molar-refractivity contribution in [1.29, 1.82) is 0 Å². The average molecular weight is 315 g/mol. The van der Waals surface area contributed by atoms with E-state index in [2.05, 4.69) is 0 Å². The third-order valence-electron chi connectivity index (χ3n) is 4.06. The third-order valence-corrected chi connectivity index (χ3v) is 4.06. The van der Waals surface area contributed by atoms with Gasteiger partial charge < -0.3 is 10.0 Å². The summed E-state index contributed by atoms with van der Waals surface area (Å²) >= 11 is 0. The molecule has 1 aliphatic rings. The molecule has 1 aromatic rings. The molecule has 0 bridgehead atoms. The van der Waals surface area contributed by atoms with E-state index in [1.54, 1.807) is 0 Å². The van der Waals surface area contributed by atoms with Crippen LogP contribution in [0.1, 0.15) is 30.4 Å². The smallest absolute Gasteiger partial charge is 0.416 e. The van der Waals surface area contributed by atoms with Crippen LogP contribution in [0.25, 0.3) is 0 Å². The molecule has 1 N–H and O–H groups in total. The zero-order valence-electron chi connectivity index (χ0n) is 12.1. The lowest BCUT2D eigenvalue weighted by atomic mass is 10.0. The van der Waals surface area contributed by atoms with E-state index in [0.29, 0.717) is 6.42 Å². The first-order valence-corrected chi connectivity index (χ1v) is 6.80. The van der Waals surface area contributed by atoms with Crippen molar-refractivity contribution in [3.05, 3.63) is 35.4 Å². The molecule has 0 aliphatic heterocycles. The molecule has 0 unspecified atom stereocenters. The van der Waals surface area contributed by atoms with Gasteiger partial charge in [-0.25, -0.2) is 4.79 Å². The van der Waals surface area contributed by atoms with Crippen LogP contribution in [-0.4, -0.2) is 35.0 Å². The zero-order valence-corrected chi connectivity index (χ0v) is 12.1. The van der Waals surface area contributed by atoms with Gasteiger partial charge in [0.2, 0.25) is 5.91 Å². The largest absolute Gasteiger partial charge is 0.480 e. The number of alkyl halides is 3. The molecule has 0 heterocycles. The second kappa shape index (κ2) is 5.62. The Bertz CT molecular complexity index is 600. The predicted octanol–water partition coefficient (Wildman–Crippen LogP) is 2.74. The molecule has 4 nitrogen and oxygen atoms in total. The van der Waals surface area contributed by atoms with Crippen molar-refractivity contribution < 1.29 is 27.9 Å². The number of benzene rings is 1. The van der Waals surface area contributed by atoms with Gasteiger partial charge in [0.1, 0.15) is 6.04 Å². The van der Waals surface area contributed by atoms with Crippen LogP contribution in [0.2, 0.25) is 0 Å². The minimum absolute atomic E-state index is 0.102. The van der Waals surface area contributed by atoms with E-state index in [4.69, 9.17) is 5.11 Å². The van der Waals surface area contributed by atoms with Crippen LogP contribution in [0, 0.1) is 5.92 Å². The summed E-state index contributed by atoms with van der Waals surface area (Å²) in [4.78, 5) is 24.1. The van der Waals surface area contributed by atoms with Crippen LogP contribution in [0.5, 0.6) is 0 Å². The van der Waals surface area contributed by atoms with Gasteiger partial charge >= 0.3 is 12.1 Å². The molecule has 3 atom stereocenters. The summed E-state index contributed by atoms with van der Waals surface area (Å²) in [5.41, 5.74) is -0.631. The Kier molecular flexibility index (Phi) is 4.17. The van der Waals surface area contributed by atoms with Crippen LogP contribution in [0.3, 0.4) is 0 Å². The minimum Gasteiger partial charge on any atom is -0.480 e. The first-order chi connectivity index (χ1) is 10.1. The predicted molar refractivity (Wildman–Crippen MR) is 72.2 cm³/mol. The van der Waals surface area contributed by atoms with Gasteiger partial charge in [-0.15, -0.1) is 0 Å². The summed E-state index contributed by atoms with van der Waals surface area (Å²) in [6.45, 7) is 1.36. The second-order valence-electron chi connectivity index (χ2n) is 5.50. The van der Waals surface area contributed by atoms with Crippen molar-refractivity contribution in [2.24, 2.45) is 5.92 Å². The molecule has 1 saturated carbocycles. The van der Waals surface area contributed by atoms with Crippen LogP contribution < -0.4 is 0 Å². The van der Waals surface area contributed by atoms with Gasteiger partial charge in [-0.3, -0.25) is 4.79 Å². The number of carbonyl (C=O) groups is 2. The number of halogens is 3. The van der Waals surface area contributed by atoms with Gasteiger partial charge in [0.15, 0.2) is 0 Å². The molecular formula is C15H16F3NO3. The molecule has 7 heteroatoms. The number of aliphatic carboxylic acids is 1. The molecule has 120 valence electrons. The van der Waals surface area contributed by atoms with Gasteiger partial charge in [-0.05, 0) is 30.9 Å². The zero-order chi connectivity index (χ0) is 16.7. The second-order valence-corrected chi connectivity index (χ2v) is 5.50. The van der Waals surface area contributed by atoms with Crippen LogP contribution in [-0.2, 0) is 15.8 Å². The Morgan fingerprint density at radius 2 is 1.91 bits per heavy atom. The topological polar surface area (TPSA) is 57.6 Å². The molecular weight excluding hydrogens is 299 g/mol. The highest BCUT2D eigenvalue weighted by Crippen LogP contribution is 2.51.